The number of anilines is 1. The van der Waals surface area contributed by atoms with Gasteiger partial charge in [0.2, 0.25) is 0 Å². The SMILES string of the molecule is COc1ccc(NC=C(C#N)c2nc(-c3ccc(Br)cc3)cs2)c([N+](=O)[O-])c1. The van der Waals surface area contributed by atoms with Crippen molar-refractivity contribution in [2.45, 2.75) is 0 Å². The Bertz CT molecular complexity index is 1090. The minimum atomic E-state index is -0.514. The third kappa shape index (κ3) is 4.36. The summed E-state index contributed by atoms with van der Waals surface area (Å²) in [5, 5.41) is 26.0. The molecule has 2 aromatic carbocycles. The highest BCUT2D eigenvalue weighted by Gasteiger charge is 2.15. The second-order valence-corrected chi connectivity index (χ2v) is 7.27. The number of nitrogens with one attached hydrogen (secondary N) is 1. The summed E-state index contributed by atoms with van der Waals surface area (Å²) >= 11 is 4.72. The van der Waals surface area contributed by atoms with Crippen LogP contribution in [0.3, 0.4) is 0 Å². The molecule has 0 spiro atoms. The molecular formula is C19H13BrN4O3S. The summed E-state index contributed by atoms with van der Waals surface area (Å²) in [6.45, 7) is 0. The molecule has 0 saturated heterocycles. The van der Waals surface area contributed by atoms with E-state index >= 15 is 0 Å². The lowest BCUT2D eigenvalue weighted by Gasteiger charge is -2.05. The van der Waals surface area contributed by atoms with Gasteiger partial charge < -0.3 is 10.1 Å². The van der Waals surface area contributed by atoms with Crippen molar-refractivity contribution in [3.8, 4) is 23.1 Å². The van der Waals surface area contributed by atoms with Crippen LogP contribution in [0.1, 0.15) is 5.01 Å². The molecule has 7 nitrogen and oxygen atoms in total. The molecule has 1 heterocycles. The first kappa shape index (κ1) is 19.5. The fourth-order valence-corrected chi connectivity index (χ4v) is 3.41. The van der Waals surface area contributed by atoms with Crippen LogP contribution in [-0.4, -0.2) is 17.0 Å². The lowest BCUT2D eigenvalue weighted by molar-refractivity contribution is -0.384. The lowest BCUT2D eigenvalue weighted by Crippen LogP contribution is -1.98. The third-order valence-corrected chi connectivity index (χ3v) is 5.17. The molecule has 0 amide bonds. The Morgan fingerprint density at radius 3 is 2.75 bits per heavy atom. The highest BCUT2D eigenvalue weighted by Crippen LogP contribution is 2.30. The largest absolute Gasteiger partial charge is 0.496 e. The van der Waals surface area contributed by atoms with Crippen molar-refractivity contribution >= 4 is 44.2 Å². The predicted molar refractivity (Wildman–Crippen MR) is 112 cm³/mol. The molecule has 0 aliphatic heterocycles. The van der Waals surface area contributed by atoms with Crippen molar-refractivity contribution in [1.82, 2.24) is 4.98 Å². The quantitative estimate of drug-likeness (QED) is 0.299. The van der Waals surface area contributed by atoms with Crippen LogP contribution in [0.15, 0.2) is 58.5 Å². The number of halogens is 1. The minimum Gasteiger partial charge on any atom is -0.496 e. The molecule has 0 aliphatic carbocycles. The maximum absolute atomic E-state index is 11.3. The van der Waals surface area contributed by atoms with E-state index in [9.17, 15) is 15.4 Å². The van der Waals surface area contributed by atoms with Gasteiger partial charge in [-0.25, -0.2) is 4.98 Å². The van der Waals surface area contributed by atoms with Gasteiger partial charge in [-0.1, -0.05) is 28.1 Å². The van der Waals surface area contributed by atoms with E-state index in [1.165, 1.54) is 36.8 Å². The zero-order valence-corrected chi connectivity index (χ0v) is 17.0. The predicted octanol–water partition coefficient (Wildman–Crippen LogP) is 5.47. The molecule has 1 N–H and O–H groups in total. The number of nitrogens with zero attached hydrogens (tertiary/aromatic N) is 3. The number of allylic oxidation sites excluding steroid dienone is 1. The van der Waals surface area contributed by atoms with E-state index in [0.29, 0.717) is 10.8 Å². The van der Waals surface area contributed by atoms with Crippen LogP contribution in [0.4, 0.5) is 11.4 Å². The Morgan fingerprint density at radius 1 is 1.36 bits per heavy atom. The molecule has 1 aromatic heterocycles. The van der Waals surface area contributed by atoms with E-state index < -0.39 is 4.92 Å². The molecule has 3 rings (SSSR count). The van der Waals surface area contributed by atoms with Crippen molar-refractivity contribution in [2.24, 2.45) is 0 Å². The normalized spacial score (nSPS) is 11.0. The smallest absolute Gasteiger partial charge is 0.296 e. The average Bonchev–Trinajstić information content (AvgIpc) is 3.19. The van der Waals surface area contributed by atoms with Crippen molar-refractivity contribution in [3.63, 3.8) is 0 Å². The number of rotatable bonds is 6. The van der Waals surface area contributed by atoms with E-state index in [1.54, 1.807) is 6.07 Å². The fraction of sp³-hybridized carbons (Fsp3) is 0.0526. The van der Waals surface area contributed by atoms with E-state index in [4.69, 9.17) is 4.74 Å². The second-order valence-electron chi connectivity index (χ2n) is 5.50. The van der Waals surface area contributed by atoms with Gasteiger partial charge in [0, 0.05) is 21.6 Å². The van der Waals surface area contributed by atoms with Crippen LogP contribution in [0, 0.1) is 21.4 Å². The van der Waals surface area contributed by atoms with Gasteiger partial charge in [-0.3, -0.25) is 10.1 Å². The van der Waals surface area contributed by atoms with Crippen molar-refractivity contribution in [2.75, 3.05) is 12.4 Å². The number of aromatic nitrogens is 1. The van der Waals surface area contributed by atoms with Gasteiger partial charge in [-0.05, 0) is 24.3 Å². The number of nitriles is 1. The van der Waals surface area contributed by atoms with Crippen LogP contribution >= 0.6 is 27.3 Å². The molecule has 0 radical (unpaired) electrons. The molecule has 9 heteroatoms. The average molecular weight is 457 g/mol. The van der Waals surface area contributed by atoms with E-state index in [-0.39, 0.29) is 16.9 Å². The first-order valence-corrected chi connectivity index (χ1v) is 9.60. The van der Waals surface area contributed by atoms with Gasteiger partial charge >= 0.3 is 0 Å². The second kappa shape index (κ2) is 8.65. The summed E-state index contributed by atoms with van der Waals surface area (Å²) < 4.78 is 5.98. The van der Waals surface area contributed by atoms with Crippen molar-refractivity contribution in [1.29, 1.82) is 5.26 Å². The summed E-state index contributed by atoms with van der Waals surface area (Å²) in [6, 6.07) is 14.2. The Hall–Kier alpha value is -3.22. The Labute approximate surface area is 173 Å². The Balaban J connectivity index is 1.87. The van der Waals surface area contributed by atoms with E-state index in [0.717, 1.165) is 15.7 Å². The molecule has 3 aromatic rings. The van der Waals surface area contributed by atoms with Crippen molar-refractivity contribution < 1.29 is 9.66 Å². The number of benzene rings is 2. The summed E-state index contributed by atoms with van der Waals surface area (Å²) in [7, 11) is 1.44. The van der Waals surface area contributed by atoms with Crippen LogP contribution in [0.25, 0.3) is 16.8 Å². The lowest BCUT2D eigenvalue weighted by atomic mass is 10.2. The highest BCUT2D eigenvalue weighted by atomic mass is 79.9. The summed E-state index contributed by atoms with van der Waals surface area (Å²) in [6.07, 6.45) is 1.42. The van der Waals surface area contributed by atoms with Gasteiger partial charge in [0.05, 0.1) is 23.8 Å². The molecule has 0 unspecified atom stereocenters. The van der Waals surface area contributed by atoms with Gasteiger partial charge in [-0.15, -0.1) is 11.3 Å². The molecular weight excluding hydrogens is 444 g/mol. The maximum Gasteiger partial charge on any atom is 0.296 e. The monoisotopic (exact) mass is 456 g/mol. The fourth-order valence-electron chi connectivity index (χ4n) is 2.35. The number of methoxy groups -OCH3 is 1. The van der Waals surface area contributed by atoms with Crippen LogP contribution < -0.4 is 10.1 Å². The number of nitro benzene ring substituents is 1. The summed E-state index contributed by atoms with van der Waals surface area (Å²) in [4.78, 5) is 15.3. The summed E-state index contributed by atoms with van der Waals surface area (Å²) in [5.74, 6) is 0.376. The zero-order valence-electron chi connectivity index (χ0n) is 14.5. The number of hydrogen-bond acceptors (Lipinski definition) is 7. The molecule has 0 aliphatic rings. The van der Waals surface area contributed by atoms with Gasteiger partial charge in [-0.2, -0.15) is 5.26 Å². The van der Waals surface area contributed by atoms with Crippen LogP contribution in [0.5, 0.6) is 5.75 Å². The molecule has 0 atom stereocenters. The van der Waals surface area contributed by atoms with Gasteiger partial charge in [0.25, 0.3) is 5.69 Å². The molecule has 140 valence electrons. The summed E-state index contributed by atoms with van der Waals surface area (Å²) in [5.41, 5.74) is 2.06. The van der Waals surface area contributed by atoms with E-state index in [1.807, 2.05) is 29.6 Å². The maximum atomic E-state index is 11.3. The van der Waals surface area contributed by atoms with Crippen molar-refractivity contribution in [3.05, 3.63) is 73.6 Å². The van der Waals surface area contributed by atoms with Gasteiger partial charge in [0.15, 0.2) is 0 Å². The van der Waals surface area contributed by atoms with E-state index in [2.05, 4.69) is 32.3 Å². The Kier molecular flexibility index (Phi) is 6.03. The topological polar surface area (TPSA) is 101 Å². The number of thiazole rings is 1. The minimum absolute atomic E-state index is 0.150. The molecule has 0 bridgehead atoms. The Morgan fingerprint density at radius 2 is 2.11 bits per heavy atom. The van der Waals surface area contributed by atoms with Gasteiger partial charge in [0.1, 0.15) is 28.1 Å². The molecule has 28 heavy (non-hydrogen) atoms. The van der Waals surface area contributed by atoms with Crippen LogP contribution in [0.2, 0.25) is 0 Å². The number of nitro groups is 1. The number of hydrogen-bond donors (Lipinski definition) is 1. The van der Waals surface area contributed by atoms with Crippen LogP contribution in [-0.2, 0) is 0 Å². The zero-order chi connectivity index (χ0) is 20.1. The number of ether oxygens (including phenoxy) is 1. The highest BCUT2D eigenvalue weighted by molar-refractivity contribution is 9.10. The standard InChI is InChI=1S/C19H13BrN4O3S/c1-27-15-6-7-16(18(8-15)24(25)26)22-10-13(9-21)19-23-17(11-28-19)12-2-4-14(20)5-3-12/h2-8,10-11,22H,1H3. The first-order valence-electron chi connectivity index (χ1n) is 7.93. The molecule has 0 saturated carbocycles. The first-order chi connectivity index (χ1) is 13.5. The molecule has 0 fully saturated rings. The third-order valence-electron chi connectivity index (χ3n) is 3.77.